The Morgan fingerprint density at radius 1 is 1.05 bits per heavy atom. The van der Waals surface area contributed by atoms with Crippen molar-refractivity contribution in [2.75, 3.05) is 6.54 Å². The molecule has 1 saturated carbocycles. The smallest absolute Gasteiger partial charge is 0.129 e. The molecule has 1 aromatic rings. The molecule has 0 spiro atoms. The van der Waals surface area contributed by atoms with Crippen LogP contribution < -0.4 is 5.32 Å². The Bertz CT molecular complexity index is 440. The van der Waals surface area contributed by atoms with Crippen LogP contribution >= 0.6 is 0 Å². The number of halogens is 2. The van der Waals surface area contributed by atoms with Crippen molar-refractivity contribution in [2.24, 2.45) is 5.92 Å². The Kier molecular flexibility index (Phi) is 3.83. The summed E-state index contributed by atoms with van der Waals surface area (Å²) < 4.78 is 26.8. The predicted molar refractivity (Wildman–Crippen MR) is 72.1 cm³/mol. The van der Waals surface area contributed by atoms with Gasteiger partial charge in [-0.2, -0.15) is 0 Å². The largest absolute Gasteiger partial charge is 0.313 e. The first-order valence-electron chi connectivity index (χ1n) is 7.42. The van der Waals surface area contributed by atoms with Gasteiger partial charge in [0.25, 0.3) is 0 Å². The fourth-order valence-corrected chi connectivity index (χ4v) is 3.73. The molecule has 1 saturated heterocycles. The SMILES string of the molecule is Fc1ccc(C2CNC(C3CCCCC3)C2)c(F)c1. The van der Waals surface area contributed by atoms with Crippen LogP contribution in [0.25, 0.3) is 0 Å². The highest BCUT2D eigenvalue weighted by Gasteiger charge is 2.32. The van der Waals surface area contributed by atoms with Crippen LogP contribution in [-0.2, 0) is 0 Å². The minimum absolute atomic E-state index is 0.201. The molecule has 1 aliphatic heterocycles. The molecule has 3 heteroatoms. The van der Waals surface area contributed by atoms with Crippen LogP contribution in [-0.4, -0.2) is 12.6 Å². The number of hydrogen-bond donors (Lipinski definition) is 1. The standard InChI is InChI=1S/C16H21F2N/c17-13-6-7-14(15(18)9-13)12-8-16(19-10-12)11-4-2-1-3-5-11/h6-7,9,11-12,16,19H,1-5,8,10H2. The lowest BCUT2D eigenvalue weighted by Gasteiger charge is -2.27. The van der Waals surface area contributed by atoms with Crippen LogP contribution in [0.1, 0.15) is 50.0 Å². The molecule has 3 rings (SSSR count). The quantitative estimate of drug-likeness (QED) is 0.852. The van der Waals surface area contributed by atoms with Crippen molar-refractivity contribution in [1.82, 2.24) is 5.32 Å². The first-order valence-corrected chi connectivity index (χ1v) is 7.42. The normalized spacial score (nSPS) is 28.7. The van der Waals surface area contributed by atoms with E-state index in [1.807, 2.05) is 0 Å². The fraction of sp³-hybridized carbons (Fsp3) is 0.625. The van der Waals surface area contributed by atoms with Gasteiger partial charge in [0, 0.05) is 24.6 Å². The summed E-state index contributed by atoms with van der Waals surface area (Å²) in [5, 5.41) is 3.56. The highest BCUT2D eigenvalue weighted by molar-refractivity contribution is 5.24. The van der Waals surface area contributed by atoms with E-state index in [-0.39, 0.29) is 5.92 Å². The Morgan fingerprint density at radius 2 is 1.84 bits per heavy atom. The molecule has 0 aromatic heterocycles. The molecular formula is C16H21F2N. The maximum Gasteiger partial charge on any atom is 0.129 e. The summed E-state index contributed by atoms with van der Waals surface area (Å²) in [5.74, 6) is 0.0712. The zero-order valence-corrected chi connectivity index (χ0v) is 11.2. The molecule has 104 valence electrons. The molecule has 0 bridgehead atoms. The van der Waals surface area contributed by atoms with Crippen LogP contribution in [0.5, 0.6) is 0 Å². The average molecular weight is 265 g/mol. The van der Waals surface area contributed by atoms with Gasteiger partial charge in [-0.3, -0.25) is 0 Å². The third-order valence-corrected chi connectivity index (χ3v) is 4.79. The molecule has 1 heterocycles. The van der Waals surface area contributed by atoms with E-state index in [0.29, 0.717) is 11.6 Å². The van der Waals surface area contributed by atoms with Gasteiger partial charge in [0.15, 0.2) is 0 Å². The van der Waals surface area contributed by atoms with Crippen molar-refractivity contribution in [1.29, 1.82) is 0 Å². The van der Waals surface area contributed by atoms with Crippen LogP contribution in [0, 0.1) is 17.6 Å². The minimum atomic E-state index is -0.490. The summed E-state index contributed by atoms with van der Waals surface area (Å²) in [6, 6.07) is 4.50. The second-order valence-electron chi connectivity index (χ2n) is 6.01. The molecule has 1 nitrogen and oxygen atoms in total. The molecular weight excluding hydrogens is 244 g/mol. The molecule has 2 unspecified atom stereocenters. The Morgan fingerprint density at radius 3 is 2.58 bits per heavy atom. The van der Waals surface area contributed by atoms with Gasteiger partial charge in [0.05, 0.1) is 0 Å². The molecule has 2 aliphatic rings. The Balaban J connectivity index is 1.67. The molecule has 0 radical (unpaired) electrons. The number of hydrogen-bond acceptors (Lipinski definition) is 1. The van der Waals surface area contributed by atoms with Crippen LogP contribution in [0.15, 0.2) is 18.2 Å². The molecule has 2 fully saturated rings. The topological polar surface area (TPSA) is 12.0 Å². The fourth-order valence-electron chi connectivity index (χ4n) is 3.73. The highest BCUT2D eigenvalue weighted by Crippen LogP contribution is 2.35. The van der Waals surface area contributed by atoms with E-state index in [1.54, 1.807) is 6.07 Å². The predicted octanol–water partition coefficient (Wildman–Crippen LogP) is 3.99. The van der Waals surface area contributed by atoms with Gasteiger partial charge in [-0.15, -0.1) is 0 Å². The van der Waals surface area contributed by atoms with Crippen LogP contribution in [0.4, 0.5) is 8.78 Å². The van der Waals surface area contributed by atoms with Crippen molar-refractivity contribution in [3.8, 4) is 0 Å². The number of rotatable bonds is 2. The van der Waals surface area contributed by atoms with Gasteiger partial charge in [-0.25, -0.2) is 8.78 Å². The molecule has 0 amide bonds. The van der Waals surface area contributed by atoms with Gasteiger partial charge in [-0.1, -0.05) is 25.3 Å². The van der Waals surface area contributed by atoms with E-state index in [2.05, 4.69) is 5.32 Å². The van der Waals surface area contributed by atoms with E-state index in [9.17, 15) is 8.78 Å². The second-order valence-corrected chi connectivity index (χ2v) is 6.01. The van der Waals surface area contributed by atoms with Crippen molar-refractivity contribution in [3.05, 3.63) is 35.4 Å². The van der Waals surface area contributed by atoms with Gasteiger partial charge in [-0.05, 0) is 36.8 Å². The van der Waals surface area contributed by atoms with Gasteiger partial charge >= 0.3 is 0 Å². The molecule has 1 N–H and O–H groups in total. The monoisotopic (exact) mass is 265 g/mol. The van der Waals surface area contributed by atoms with Crippen LogP contribution in [0.2, 0.25) is 0 Å². The third kappa shape index (κ3) is 2.81. The van der Waals surface area contributed by atoms with Crippen molar-refractivity contribution in [3.63, 3.8) is 0 Å². The van der Waals surface area contributed by atoms with E-state index in [4.69, 9.17) is 0 Å². The van der Waals surface area contributed by atoms with Crippen LogP contribution in [0.3, 0.4) is 0 Å². The highest BCUT2D eigenvalue weighted by atomic mass is 19.1. The number of benzene rings is 1. The first-order chi connectivity index (χ1) is 9.24. The summed E-state index contributed by atoms with van der Waals surface area (Å²) >= 11 is 0. The lowest BCUT2D eigenvalue weighted by Crippen LogP contribution is -2.31. The van der Waals surface area contributed by atoms with E-state index in [0.717, 1.165) is 24.9 Å². The zero-order chi connectivity index (χ0) is 13.2. The van der Waals surface area contributed by atoms with E-state index < -0.39 is 11.6 Å². The van der Waals surface area contributed by atoms with E-state index in [1.165, 1.54) is 38.2 Å². The minimum Gasteiger partial charge on any atom is -0.313 e. The van der Waals surface area contributed by atoms with Gasteiger partial charge in [0.1, 0.15) is 11.6 Å². The zero-order valence-electron chi connectivity index (χ0n) is 11.2. The third-order valence-electron chi connectivity index (χ3n) is 4.79. The maximum atomic E-state index is 13.8. The Labute approximate surface area is 113 Å². The summed E-state index contributed by atoms with van der Waals surface area (Å²) in [6.07, 6.45) is 7.62. The molecule has 2 atom stereocenters. The molecule has 1 aliphatic carbocycles. The van der Waals surface area contributed by atoms with Crippen molar-refractivity contribution >= 4 is 0 Å². The lowest BCUT2D eigenvalue weighted by molar-refractivity contribution is 0.286. The molecule has 1 aromatic carbocycles. The van der Waals surface area contributed by atoms with Gasteiger partial charge < -0.3 is 5.32 Å². The van der Waals surface area contributed by atoms with E-state index >= 15 is 0 Å². The summed E-state index contributed by atoms with van der Waals surface area (Å²) in [4.78, 5) is 0. The summed E-state index contributed by atoms with van der Waals surface area (Å²) in [6.45, 7) is 0.823. The summed E-state index contributed by atoms with van der Waals surface area (Å²) in [7, 11) is 0. The Hall–Kier alpha value is -0.960. The first kappa shape index (κ1) is 13.0. The average Bonchev–Trinajstić information content (AvgIpc) is 2.89. The maximum absolute atomic E-state index is 13.8. The number of nitrogens with one attached hydrogen (secondary N) is 1. The van der Waals surface area contributed by atoms with Gasteiger partial charge in [0.2, 0.25) is 0 Å². The van der Waals surface area contributed by atoms with Crippen molar-refractivity contribution < 1.29 is 8.78 Å². The van der Waals surface area contributed by atoms with Crippen molar-refractivity contribution in [2.45, 2.75) is 50.5 Å². The molecule has 19 heavy (non-hydrogen) atoms. The lowest BCUT2D eigenvalue weighted by atomic mass is 9.81. The summed E-state index contributed by atoms with van der Waals surface area (Å²) in [5.41, 5.74) is 0.673. The second kappa shape index (κ2) is 5.58.